The number of esters is 1. The third-order valence-electron chi connectivity index (χ3n) is 2.39. The van der Waals surface area contributed by atoms with E-state index in [-0.39, 0.29) is 18.4 Å². The molecule has 1 amide bonds. The Hall–Kier alpha value is -1.10. The van der Waals surface area contributed by atoms with Crippen molar-refractivity contribution in [1.82, 2.24) is 10.2 Å². The standard InChI is InChI=1S/C12H24N2O3/c1-6-17-12(16)10(4)14(5)8-11(15)13-7-9(2)3/h9-10H,6-8H2,1-5H3,(H,13,15). The maximum atomic E-state index is 11.5. The number of hydrogen-bond acceptors (Lipinski definition) is 4. The highest BCUT2D eigenvalue weighted by Crippen LogP contribution is 1.98. The summed E-state index contributed by atoms with van der Waals surface area (Å²) in [6.45, 7) is 8.77. The predicted octanol–water partition coefficient (Wildman–Crippen LogP) is 0.642. The lowest BCUT2D eigenvalue weighted by Crippen LogP contribution is -2.44. The molecule has 0 spiro atoms. The minimum atomic E-state index is -0.403. The molecule has 0 heterocycles. The minimum absolute atomic E-state index is 0.0719. The number of likely N-dealkylation sites (N-methyl/N-ethyl adjacent to an activating group) is 1. The molecule has 0 aromatic carbocycles. The lowest BCUT2D eigenvalue weighted by Gasteiger charge is -2.22. The molecule has 0 aliphatic carbocycles. The van der Waals surface area contributed by atoms with E-state index in [4.69, 9.17) is 4.74 Å². The van der Waals surface area contributed by atoms with Gasteiger partial charge in [-0.25, -0.2) is 0 Å². The molecule has 0 saturated heterocycles. The van der Waals surface area contributed by atoms with Crippen LogP contribution in [-0.4, -0.2) is 49.6 Å². The van der Waals surface area contributed by atoms with E-state index >= 15 is 0 Å². The van der Waals surface area contributed by atoms with Gasteiger partial charge in [-0.1, -0.05) is 13.8 Å². The number of rotatable bonds is 7. The van der Waals surface area contributed by atoms with E-state index in [1.807, 2.05) is 13.8 Å². The molecule has 1 unspecified atom stereocenters. The fourth-order valence-corrected chi connectivity index (χ4v) is 1.18. The first-order valence-corrected chi connectivity index (χ1v) is 6.02. The van der Waals surface area contributed by atoms with Crippen molar-refractivity contribution in [2.45, 2.75) is 33.7 Å². The Morgan fingerprint density at radius 3 is 2.35 bits per heavy atom. The van der Waals surface area contributed by atoms with Gasteiger partial charge < -0.3 is 10.1 Å². The van der Waals surface area contributed by atoms with Crippen LogP contribution in [0.3, 0.4) is 0 Å². The van der Waals surface area contributed by atoms with E-state index in [2.05, 4.69) is 5.32 Å². The van der Waals surface area contributed by atoms with Gasteiger partial charge in [-0.15, -0.1) is 0 Å². The fraction of sp³-hybridized carbons (Fsp3) is 0.833. The van der Waals surface area contributed by atoms with Gasteiger partial charge in [-0.05, 0) is 26.8 Å². The first-order valence-electron chi connectivity index (χ1n) is 6.02. The summed E-state index contributed by atoms with van der Waals surface area (Å²) in [5, 5.41) is 2.81. The lowest BCUT2D eigenvalue weighted by atomic mass is 10.2. The van der Waals surface area contributed by atoms with Gasteiger partial charge in [0.1, 0.15) is 6.04 Å². The van der Waals surface area contributed by atoms with Gasteiger partial charge in [0.05, 0.1) is 13.2 Å². The first kappa shape index (κ1) is 15.9. The molecule has 5 heteroatoms. The summed E-state index contributed by atoms with van der Waals surface area (Å²) in [4.78, 5) is 24.6. The average molecular weight is 244 g/mol. The van der Waals surface area contributed by atoms with Crippen LogP contribution in [0.1, 0.15) is 27.7 Å². The molecule has 1 atom stereocenters. The van der Waals surface area contributed by atoms with Crippen molar-refractivity contribution < 1.29 is 14.3 Å². The molecule has 0 aliphatic heterocycles. The summed E-state index contributed by atoms with van der Waals surface area (Å²) in [6, 6.07) is -0.403. The quantitative estimate of drug-likeness (QED) is 0.668. The zero-order chi connectivity index (χ0) is 13.4. The van der Waals surface area contributed by atoms with E-state index < -0.39 is 6.04 Å². The second-order valence-electron chi connectivity index (χ2n) is 4.54. The SMILES string of the molecule is CCOC(=O)C(C)N(C)CC(=O)NCC(C)C. The van der Waals surface area contributed by atoms with Crippen molar-refractivity contribution in [2.24, 2.45) is 5.92 Å². The van der Waals surface area contributed by atoms with Crippen LogP contribution in [0.2, 0.25) is 0 Å². The third-order valence-corrected chi connectivity index (χ3v) is 2.39. The van der Waals surface area contributed by atoms with Crippen molar-refractivity contribution in [2.75, 3.05) is 26.7 Å². The maximum absolute atomic E-state index is 11.5. The Morgan fingerprint density at radius 1 is 1.29 bits per heavy atom. The third kappa shape index (κ3) is 6.94. The zero-order valence-corrected chi connectivity index (χ0v) is 11.4. The van der Waals surface area contributed by atoms with Gasteiger partial charge in [0.2, 0.25) is 5.91 Å². The number of carbonyl (C=O) groups excluding carboxylic acids is 2. The van der Waals surface area contributed by atoms with Gasteiger partial charge in [-0.3, -0.25) is 14.5 Å². The van der Waals surface area contributed by atoms with Gasteiger partial charge in [-0.2, -0.15) is 0 Å². The molecule has 1 N–H and O–H groups in total. The second kappa shape index (κ2) is 8.06. The number of nitrogens with one attached hydrogen (secondary N) is 1. The van der Waals surface area contributed by atoms with E-state index in [0.29, 0.717) is 19.1 Å². The molecule has 17 heavy (non-hydrogen) atoms. The molecule has 0 radical (unpaired) electrons. The van der Waals surface area contributed by atoms with Crippen molar-refractivity contribution in [3.05, 3.63) is 0 Å². The minimum Gasteiger partial charge on any atom is -0.465 e. The van der Waals surface area contributed by atoms with Crippen molar-refractivity contribution in [1.29, 1.82) is 0 Å². The molecule has 0 aliphatic rings. The smallest absolute Gasteiger partial charge is 0.323 e. The molecule has 0 bridgehead atoms. The van der Waals surface area contributed by atoms with Crippen LogP contribution in [0.25, 0.3) is 0 Å². The van der Waals surface area contributed by atoms with Gasteiger partial charge in [0, 0.05) is 6.54 Å². The molecule has 0 rings (SSSR count). The number of carbonyl (C=O) groups is 2. The van der Waals surface area contributed by atoms with Crippen LogP contribution in [-0.2, 0) is 14.3 Å². The van der Waals surface area contributed by atoms with Crippen LogP contribution >= 0.6 is 0 Å². The summed E-state index contributed by atoms with van der Waals surface area (Å²) in [6.07, 6.45) is 0. The Bertz CT molecular complexity index is 254. The molecular formula is C12H24N2O3. The van der Waals surface area contributed by atoms with Crippen LogP contribution in [0, 0.1) is 5.92 Å². The van der Waals surface area contributed by atoms with E-state index in [9.17, 15) is 9.59 Å². The summed E-state index contributed by atoms with van der Waals surface area (Å²) >= 11 is 0. The summed E-state index contributed by atoms with van der Waals surface area (Å²) in [5.41, 5.74) is 0. The van der Waals surface area contributed by atoms with Crippen LogP contribution in [0.4, 0.5) is 0 Å². The van der Waals surface area contributed by atoms with Crippen molar-refractivity contribution in [3.63, 3.8) is 0 Å². The molecule has 0 aromatic rings. The first-order chi connectivity index (χ1) is 7.88. The van der Waals surface area contributed by atoms with E-state index in [1.54, 1.807) is 25.8 Å². The van der Waals surface area contributed by atoms with Gasteiger partial charge >= 0.3 is 5.97 Å². The Kier molecular flexibility index (Phi) is 7.54. The van der Waals surface area contributed by atoms with Crippen molar-refractivity contribution >= 4 is 11.9 Å². The summed E-state index contributed by atoms with van der Waals surface area (Å²) < 4.78 is 4.89. The molecule has 5 nitrogen and oxygen atoms in total. The van der Waals surface area contributed by atoms with Gasteiger partial charge in [0.15, 0.2) is 0 Å². The zero-order valence-electron chi connectivity index (χ0n) is 11.4. The number of hydrogen-bond donors (Lipinski definition) is 1. The number of amides is 1. The van der Waals surface area contributed by atoms with Crippen molar-refractivity contribution in [3.8, 4) is 0 Å². The number of ether oxygens (including phenoxy) is 1. The average Bonchev–Trinajstić information content (AvgIpc) is 2.25. The highest BCUT2D eigenvalue weighted by molar-refractivity contribution is 5.80. The predicted molar refractivity (Wildman–Crippen MR) is 66.6 cm³/mol. The van der Waals surface area contributed by atoms with E-state index in [0.717, 1.165) is 0 Å². The molecule has 100 valence electrons. The van der Waals surface area contributed by atoms with E-state index in [1.165, 1.54) is 0 Å². The Morgan fingerprint density at radius 2 is 1.88 bits per heavy atom. The highest BCUT2D eigenvalue weighted by atomic mass is 16.5. The molecule has 0 aromatic heterocycles. The Balaban J connectivity index is 4.02. The largest absolute Gasteiger partial charge is 0.465 e. The van der Waals surface area contributed by atoms with Crippen LogP contribution < -0.4 is 5.32 Å². The monoisotopic (exact) mass is 244 g/mol. The summed E-state index contributed by atoms with van der Waals surface area (Å²) in [7, 11) is 1.73. The topological polar surface area (TPSA) is 58.6 Å². The molecular weight excluding hydrogens is 220 g/mol. The van der Waals surface area contributed by atoms with Crippen LogP contribution in [0.5, 0.6) is 0 Å². The summed E-state index contributed by atoms with van der Waals surface area (Å²) in [5.74, 6) is 0.0516. The second-order valence-corrected chi connectivity index (χ2v) is 4.54. The Labute approximate surface area is 103 Å². The normalized spacial score (nSPS) is 12.6. The molecule has 0 fully saturated rings. The van der Waals surface area contributed by atoms with Crippen LogP contribution in [0.15, 0.2) is 0 Å². The maximum Gasteiger partial charge on any atom is 0.323 e. The number of nitrogens with zero attached hydrogens (tertiary/aromatic N) is 1. The molecule has 0 saturated carbocycles. The highest BCUT2D eigenvalue weighted by Gasteiger charge is 2.20. The fourth-order valence-electron chi connectivity index (χ4n) is 1.18. The lowest BCUT2D eigenvalue weighted by molar-refractivity contribution is -0.148. The van der Waals surface area contributed by atoms with Gasteiger partial charge in [0.25, 0.3) is 0 Å².